The maximum absolute atomic E-state index is 9.35. The number of unbranched alkanes of at least 4 members (excludes halogenated alkanes) is 16. The molecule has 0 aliphatic carbocycles. The van der Waals surface area contributed by atoms with Gasteiger partial charge < -0.3 is 5.11 Å². The van der Waals surface area contributed by atoms with Crippen LogP contribution in [0.15, 0.2) is 0 Å². The molecule has 0 aromatic carbocycles. The first-order chi connectivity index (χ1) is 11.3. The Balaban J connectivity index is 2.97. The smallest absolute Gasteiger partial charge is 0.0675 e. The summed E-state index contributed by atoms with van der Waals surface area (Å²) in [6, 6.07) is 0. The van der Waals surface area contributed by atoms with Gasteiger partial charge in [0, 0.05) is 5.88 Å². The van der Waals surface area contributed by atoms with E-state index in [-0.39, 0.29) is 6.10 Å². The minimum atomic E-state index is -0.284. The van der Waals surface area contributed by atoms with Gasteiger partial charge in [-0.05, 0) is 6.42 Å². The molecule has 0 saturated heterocycles. The summed E-state index contributed by atoms with van der Waals surface area (Å²) in [5, 5.41) is 9.35. The quantitative estimate of drug-likeness (QED) is 0.188. The highest BCUT2D eigenvalue weighted by atomic mass is 35.5. The number of alkyl halides is 1. The topological polar surface area (TPSA) is 20.2 Å². The first-order valence-electron chi connectivity index (χ1n) is 10.5. The number of rotatable bonds is 19. The second kappa shape index (κ2) is 20.3. The molecule has 0 radical (unpaired) electrons. The molecule has 1 unspecified atom stereocenters. The van der Waals surface area contributed by atoms with E-state index in [0.29, 0.717) is 5.88 Å². The van der Waals surface area contributed by atoms with Crippen LogP contribution in [0, 0.1) is 0 Å². The van der Waals surface area contributed by atoms with Crippen LogP contribution in [0.5, 0.6) is 0 Å². The second-order valence-electron chi connectivity index (χ2n) is 7.25. The summed E-state index contributed by atoms with van der Waals surface area (Å²) in [6.07, 6.45) is 24.3. The summed E-state index contributed by atoms with van der Waals surface area (Å²) in [6.45, 7) is 2.29. The molecular weight excluding hydrogens is 304 g/mol. The van der Waals surface area contributed by atoms with Crippen LogP contribution in [0.1, 0.15) is 122 Å². The zero-order chi connectivity index (χ0) is 17.0. The molecular formula is C21H43ClO. The Labute approximate surface area is 151 Å². The van der Waals surface area contributed by atoms with Gasteiger partial charge in [-0.2, -0.15) is 0 Å². The molecule has 0 spiro atoms. The molecule has 23 heavy (non-hydrogen) atoms. The maximum atomic E-state index is 9.35. The zero-order valence-corrected chi connectivity index (χ0v) is 16.6. The van der Waals surface area contributed by atoms with E-state index >= 15 is 0 Å². The SMILES string of the molecule is CCCCCCCCCCCCCCCCCCCC(O)CCl. The minimum absolute atomic E-state index is 0.284. The van der Waals surface area contributed by atoms with Crippen molar-refractivity contribution in [3.63, 3.8) is 0 Å². The lowest BCUT2D eigenvalue weighted by Crippen LogP contribution is -2.07. The molecule has 0 amide bonds. The molecule has 0 aliphatic heterocycles. The van der Waals surface area contributed by atoms with Gasteiger partial charge in [-0.25, -0.2) is 0 Å². The zero-order valence-electron chi connectivity index (χ0n) is 15.8. The van der Waals surface area contributed by atoms with Crippen molar-refractivity contribution in [3.05, 3.63) is 0 Å². The molecule has 0 aromatic heterocycles. The summed E-state index contributed by atoms with van der Waals surface area (Å²) < 4.78 is 0. The molecule has 0 aliphatic rings. The van der Waals surface area contributed by atoms with Crippen LogP contribution in [0.4, 0.5) is 0 Å². The van der Waals surface area contributed by atoms with Crippen molar-refractivity contribution < 1.29 is 5.11 Å². The van der Waals surface area contributed by atoms with Gasteiger partial charge in [0.15, 0.2) is 0 Å². The van der Waals surface area contributed by atoms with Crippen molar-refractivity contribution in [2.24, 2.45) is 0 Å². The van der Waals surface area contributed by atoms with Gasteiger partial charge in [0.25, 0.3) is 0 Å². The molecule has 0 aromatic rings. The third-order valence-corrected chi connectivity index (χ3v) is 5.18. The summed E-state index contributed by atoms with van der Waals surface area (Å²) in [4.78, 5) is 0. The largest absolute Gasteiger partial charge is 0.392 e. The van der Waals surface area contributed by atoms with Crippen LogP contribution in [0.3, 0.4) is 0 Å². The normalized spacial score (nSPS) is 12.7. The fraction of sp³-hybridized carbons (Fsp3) is 1.00. The van der Waals surface area contributed by atoms with Crippen molar-refractivity contribution >= 4 is 11.6 Å². The number of hydrogen-bond donors (Lipinski definition) is 1. The van der Waals surface area contributed by atoms with Crippen LogP contribution in [0.25, 0.3) is 0 Å². The van der Waals surface area contributed by atoms with Crippen LogP contribution in [-0.4, -0.2) is 17.1 Å². The lowest BCUT2D eigenvalue weighted by molar-refractivity contribution is 0.183. The van der Waals surface area contributed by atoms with Crippen LogP contribution >= 0.6 is 11.6 Å². The number of halogens is 1. The Hall–Kier alpha value is 0.250. The summed E-state index contributed by atoms with van der Waals surface area (Å²) in [7, 11) is 0. The number of aliphatic hydroxyl groups is 1. The summed E-state index contributed by atoms with van der Waals surface area (Å²) in [5.41, 5.74) is 0. The molecule has 0 fully saturated rings. The van der Waals surface area contributed by atoms with Gasteiger partial charge in [0.1, 0.15) is 0 Å². The highest BCUT2D eigenvalue weighted by Crippen LogP contribution is 2.14. The molecule has 0 saturated carbocycles. The Bertz CT molecular complexity index is 208. The van der Waals surface area contributed by atoms with E-state index in [0.717, 1.165) is 12.8 Å². The van der Waals surface area contributed by atoms with Crippen molar-refractivity contribution in [3.8, 4) is 0 Å². The van der Waals surface area contributed by atoms with E-state index < -0.39 is 0 Å². The highest BCUT2D eigenvalue weighted by molar-refractivity contribution is 6.18. The average molecular weight is 347 g/mol. The molecule has 0 heterocycles. The molecule has 1 nitrogen and oxygen atoms in total. The predicted molar refractivity (Wildman–Crippen MR) is 106 cm³/mol. The molecule has 140 valence electrons. The van der Waals surface area contributed by atoms with E-state index in [4.69, 9.17) is 11.6 Å². The van der Waals surface area contributed by atoms with Gasteiger partial charge in [0.2, 0.25) is 0 Å². The Morgan fingerprint density at radius 2 is 0.870 bits per heavy atom. The fourth-order valence-corrected chi connectivity index (χ4v) is 3.34. The lowest BCUT2D eigenvalue weighted by atomic mass is 10.0. The van der Waals surface area contributed by atoms with Crippen LogP contribution in [-0.2, 0) is 0 Å². The van der Waals surface area contributed by atoms with Gasteiger partial charge in [-0.3, -0.25) is 0 Å². The summed E-state index contributed by atoms with van der Waals surface area (Å²) in [5.74, 6) is 0.388. The van der Waals surface area contributed by atoms with Crippen molar-refractivity contribution in [2.75, 3.05) is 5.88 Å². The monoisotopic (exact) mass is 346 g/mol. The van der Waals surface area contributed by atoms with E-state index in [1.54, 1.807) is 0 Å². The van der Waals surface area contributed by atoms with E-state index in [9.17, 15) is 5.11 Å². The first-order valence-corrected chi connectivity index (χ1v) is 11.1. The van der Waals surface area contributed by atoms with Crippen LogP contribution < -0.4 is 0 Å². The van der Waals surface area contributed by atoms with Crippen molar-refractivity contribution in [1.82, 2.24) is 0 Å². The first kappa shape index (κ1) is 23.2. The standard InChI is InChI=1S/C21H43ClO/c1-2-3-4-5-6-7-8-9-10-11-12-13-14-15-16-17-18-19-21(23)20-22/h21,23H,2-20H2,1H3. The Morgan fingerprint density at radius 1 is 0.565 bits per heavy atom. The average Bonchev–Trinajstić information content (AvgIpc) is 2.57. The molecule has 2 heteroatoms. The van der Waals surface area contributed by atoms with E-state index in [2.05, 4.69) is 6.92 Å². The number of aliphatic hydroxyl groups excluding tert-OH is 1. The van der Waals surface area contributed by atoms with Gasteiger partial charge in [0.05, 0.1) is 6.10 Å². The van der Waals surface area contributed by atoms with Crippen molar-refractivity contribution in [2.45, 2.75) is 129 Å². The third-order valence-electron chi connectivity index (χ3n) is 4.82. The predicted octanol–water partition coefficient (Wildman–Crippen LogP) is 7.63. The fourth-order valence-electron chi connectivity index (χ4n) is 3.18. The summed E-state index contributed by atoms with van der Waals surface area (Å²) >= 11 is 5.58. The Kier molecular flexibility index (Phi) is 20.5. The van der Waals surface area contributed by atoms with Gasteiger partial charge in [-0.15, -0.1) is 11.6 Å². The minimum Gasteiger partial charge on any atom is -0.392 e. The third kappa shape index (κ3) is 20.2. The van der Waals surface area contributed by atoms with Crippen molar-refractivity contribution in [1.29, 1.82) is 0 Å². The highest BCUT2D eigenvalue weighted by Gasteiger charge is 2.00. The van der Waals surface area contributed by atoms with Crippen LogP contribution in [0.2, 0.25) is 0 Å². The van der Waals surface area contributed by atoms with Gasteiger partial charge in [-0.1, -0.05) is 116 Å². The lowest BCUT2D eigenvalue weighted by Gasteiger charge is -2.06. The maximum Gasteiger partial charge on any atom is 0.0675 e. The molecule has 0 rings (SSSR count). The molecule has 1 atom stereocenters. The molecule has 0 bridgehead atoms. The second-order valence-corrected chi connectivity index (χ2v) is 7.56. The number of hydrogen-bond acceptors (Lipinski definition) is 1. The van der Waals surface area contributed by atoms with E-state index in [1.807, 2.05) is 0 Å². The van der Waals surface area contributed by atoms with E-state index in [1.165, 1.54) is 103 Å². The van der Waals surface area contributed by atoms with Gasteiger partial charge >= 0.3 is 0 Å². The molecule has 1 N–H and O–H groups in total. The Morgan fingerprint density at radius 3 is 1.17 bits per heavy atom.